The highest BCUT2D eigenvalue weighted by Crippen LogP contribution is 2.23. The lowest BCUT2D eigenvalue weighted by Gasteiger charge is -2.11. The Morgan fingerprint density at radius 3 is 2.06 bits per heavy atom. The van der Waals surface area contributed by atoms with Gasteiger partial charge in [0, 0.05) is 0 Å². The smallest absolute Gasteiger partial charge is 0.144 e. The molecule has 0 heterocycles. The molecule has 0 spiro atoms. The topological polar surface area (TPSA) is 34.1 Å². The van der Waals surface area contributed by atoms with Crippen LogP contribution in [0.15, 0.2) is 42.5 Å². The number of benzene rings is 2. The lowest BCUT2D eigenvalue weighted by Crippen LogP contribution is -2.16. The normalized spacial score (nSPS) is 10.8. The first-order chi connectivity index (χ1) is 8.09. The summed E-state index contributed by atoms with van der Waals surface area (Å²) in [6, 6.07) is 13.6. The molecule has 0 radical (unpaired) electrons. The fourth-order valence-corrected chi connectivity index (χ4v) is 2.14. The van der Waals surface area contributed by atoms with E-state index in [1.165, 1.54) is 13.8 Å². The maximum atomic E-state index is 11.5. The summed E-state index contributed by atoms with van der Waals surface area (Å²) in [5.41, 5.74) is 0.781. The Balaban J connectivity index is 2.55. The van der Waals surface area contributed by atoms with E-state index in [0.29, 0.717) is 0 Å². The van der Waals surface area contributed by atoms with Crippen LogP contribution in [0.1, 0.15) is 25.3 Å². The Morgan fingerprint density at radius 1 is 0.882 bits per heavy atom. The molecule has 0 atom stereocenters. The van der Waals surface area contributed by atoms with Crippen LogP contribution in [0.5, 0.6) is 0 Å². The zero-order chi connectivity index (χ0) is 12.4. The molecule has 2 rings (SSSR count). The van der Waals surface area contributed by atoms with Crippen LogP contribution in [-0.4, -0.2) is 11.6 Å². The van der Waals surface area contributed by atoms with Crippen LogP contribution < -0.4 is 0 Å². The molecule has 17 heavy (non-hydrogen) atoms. The van der Waals surface area contributed by atoms with Crippen molar-refractivity contribution in [2.45, 2.75) is 19.8 Å². The fourth-order valence-electron chi connectivity index (χ4n) is 2.14. The third kappa shape index (κ3) is 2.26. The zero-order valence-corrected chi connectivity index (χ0v) is 9.94. The maximum Gasteiger partial charge on any atom is 0.144 e. The Kier molecular flexibility index (Phi) is 3.05. The Labute approximate surface area is 100 Å². The van der Waals surface area contributed by atoms with Crippen molar-refractivity contribution in [3.05, 3.63) is 48.0 Å². The predicted molar refractivity (Wildman–Crippen MR) is 68.1 cm³/mol. The van der Waals surface area contributed by atoms with E-state index in [-0.39, 0.29) is 11.6 Å². The lowest BCUT2D eigenvalue weighted by molar-refractivity contribution is -0.126. The van der Waals surface area contributed by atoms with Gasteiger partial charge in [0.1, 0.15) is 17.5 Å². The predicted octanol–water partition coefficient (Wildman–Crippen LogP) is 3.10. The number of rotatable bonds is 3. The third-order valence-corrected chi connectivity index (χ3v) is 2.92. The van der Waals surface area contributed by atoms with Crippen LogP contribution in [0.4, 0.5) is 0 Å². The van der Waals surface area contributed by atoms with Crippen molar-refractivity contribution in [1.82, 2.24) is 0 Å². The van der Waals surface area contributed by atoms with Gasteiger partial charge in [0.25, 0.3) is 0 Å². The van der Waals surface area contributed by atoms with Gasteiger partial charge >= 0.3 is 0 Å². The summed E-state index contributed by atoms with van der Waals surface area (Å²) in [7, 11) is 0. The van der Waals surface area contributed by atoms with E-state index in [2.05, 4.69) is 0 Å². The van der Waals surface area contributed by atoms with Gasteiger partial charge < -0.3 is 0 Å². The molecule has 0 saturated carbocycles. The summed E-state index contributed by atoms with van der Waals surface area (Å²) in [5, 5.41) is 2.17. The summed E-state index contributed by atoms with van der Waals surface area (Å²) < 4.78 is 0. The first-order valence-corrected chi connectivity index (χ1v) is 5.59. The number of Topliss-reactive ketones (excluding diaryl/α,β-unsaturated/α-hetero) is 2. The molecule has 2 aromatic carbocycles. The molecule has 2 aromatic rings. The van der Waals surface area contributed by atoms with Crippen molar-refractivity contribution in [1.29, 1.82) is 0 Å². The van der Waals surface area contributed by atoms with Crippen LogP contribution in [0.25, 0.3) is 10.8 Å². The average Bonchev–Trinajstić information content (AvgIpc) is 2.28. The van der Waals surface area contributed by atoms with Gasteiger partial charge in [-0.3, -0.25) is 9.59 Å². The van der Waals surface area contributed by atoms with Crippen molar-refractivity contribution in [3.8, 4) is 0 Å². The molecule has 0 fully saturated rings. The van der Waals surface area contributed by atoms with E-state index < -0.39 is 5.92 Å². The van der Waals surface area contributed by atoms with E-state index in [4.69, 9.17) is 0 Å². The maximum absolute atomic E-state index is 11.5. The lowest BCUT2D eigenvalue weighted by atomic mass is 9.90. The molecule has 0 saturated heterocycles. The largest absolute Gasteiger partial charge is 0.299 e. The Bertz CT molecular complexity index is 570. The minimum absolute atomic E-state index is 0.104. The van der Waals surface area contributed by atoms with Gasteiger partial charge in [-0.2, -0.15) is 0 Å². The van der Waals surface area contributed by atoms with Crippen LogP contribution in [0.3, 0.4) is 0 Å². The number of ketones is 2. The van der Waals surface area contributed by atoms with Crippen LogP contribution in [0.2, 0.25) is 0 Å². The van der Waals surface area contributed by atoms with Gasteiger partial charge in [0.15, 0.2) is 0 Å². The molecular formula is C15H14O2. The second-order valence-electron chi connectivity index (χ2n) is 4.26. The molecule has 0 amide bonds. The van der Waals surface area contributed by atoms with Crippen molar-refractivity contribution >= 4 is 22.3 Å². The molecule has 0 unspecified atom stereocenters. The molecule has 2 heteroatoms. The molecule has 0 aliphatic rings. The molecular weight excluding hydrogens is 212 g/mol. The Hall–Kier alpha value is -1.96. The summed E-state index contributed by atoms with van der Waals surface area (Å²) in [6.07, 6.45) is 0. The van der Waals surface area contributed by atoms with Gasteiger partial charge in [0.05, 0.1) is 0 Å². The van der Waals surface area contributed by atoms with Gasteiger partial charge in [-0.05, 0) is 36.2 Å². The highest BCUT2D eigenvalue weighted by molar-refractivity contribution is 6.06. The zero-order valence-electron chi connectivity index (χ0n) is 9.94. The molecule has 0 N–H and O–H groups in total. The second-order valence-corrected chi connectivity index (χ2v) is 4.26. The van der Waals surface area contributed by atoms with Crippen LogP contribution in [-0.2, 0) is 9.59 Å². The number of carbonyl (C=O) groups is 2. The third-order valence-electron chi connectivity index (χ3n) is 2.92. The van der Waals surface area contributed by atoms with Gasteiger partial charge in [0.2, 0.25) is 0 Å². The van der Waals surface area contributed by atoms with Gasteiger partial charge in [-0.1, -0.05) is 36.4 Å². The van der Waals surface area contributed by atoms with Crippen LogP contribution in [0, 0.1) is 0 Å². The minimum atomic E-state index is -0.625. The highest BCUT2D eigenvalue weighted by Gasteiger charge is 2.21. The Morgan fingerprint density at radius 2 is 1.47 bits per heavy atom. The van der Waals surface area contributed by atoms with Crippen molar-refractivity contribution < 1.29 is 9.59 Å². The van der Waals surface area contributed by atoms with E-state index in [1.807, 2.05) is 42.5 Å². The molecule has 0 aromatic heterocycles. The van der Waals surface area contributed by atoms with Crippen molar-refractivity contribution in [2.75, 3.05) is 0 Å². The molecule has 86 valence electrons. The van der Waals surface area contributed by atoms with E-state index in [1.54, 1.807) is 0 Å². The van der Waals surface area contributed by atoms with Crippen molar-refractivity contribution in [3.63, 3.8) is 0 Å². The van der Waals surface area contributed by atoms with Gasteiger partial charge in [-0.25, -0.2) is 0 Å². The molecule has 0 aliphatic carbocycles. The van der Waals surface area contributed by atoms with E-state index in [0.717, 1.165) is 16.3 Å². The monoisotopic (exact) mass is 226 g/mol. The summed E-state index contributed by atoms with van der Waals surface area (Å²) in [6.45, 7) is 2.92. The number of hydrogen-bond donors (Lipinski definition) is 0. The molecule has 0 bridgehead atoms. The number of carbonyl (C=O) groups excluding carboxylic acids is 2. The fraction of sp³-hybridized carbons (Fsp3) is 0.200. The first kappa shape index (κ1) is 11.5. The quantitative estimate of drug-likeness (QED) is 0.753. The van der Waals surface area contributed by atoms with E-state index >= 15 is 0 Å². The van der Waals surface area contributed by atoms with Crippen LogP contribution >= 0.6 is 0 Å². The summed E-state index contributed by atoms with van der Waals surface area (Å²) in [4.78, 5) is 23.0. The average molecular weight is 226 g/mol. The molecule has 2 nitrogen and oxygen atoms in total. The SMILES string of the molecule is CC(=O)C(C(C)=O)c1ccc2ccccc2c1. The number of hydrogen-bond acceptors (Lipinski definition) is 2. The highest BCUT2D eigenvalue weighted by atomic mass is 16.1. The molecule has 0 aliphatic heterocycles. The van der Waals surface area contributed by atoms with Gasteiger partial charge in [-0.15, -0.1) is 0 Å². The van der Waals surface area contributed by atoms with E-state index in [9.17, 15) is 9.59 Å². The minimum Gasteiger partial charge on any atom is -0.299 e. The second kappa shape index (κ2) is 4.50. The summed E-state index contributed by atoms with van der Waals surface area (Å²) in [5.74, 6) is -0.833. The summed E-state index contributed by atoms with van der Waals surface area (Å²) >= 11 is 0. The van der Waals surface area contributed by atoms with Crippen molar-refractivity contribution in [2.24, 2.45) is 0 Å². The first-order valence-electron chi connectivity index (χ1n) is 5.59. The standard InChI is InChI=1S/C15H14O2/c1-10(16)15(11(2)17)14-8-7-12-5-3-4-6-13(12)9-14/h3-9,15H,1-2H3. The number of fused-ring (bicyclic) bond motifs is 1.